The van der Waals surface area contributed by atoms with E-state index in [0.29, 0.717) is 10.8 Å². The quantitative estimate of drug-likeness (QED) is 0.799. The lowest BCUT2D eigenvalue weighted by molar-refractivity contribution is 0.454. The van der Waals surface area contributed by atoms with Crippen molar-refractivity contribution in [1.82, 2.24) is 10.2 Å². The molecule has 0 bridgehead atoms. The molecular formula is C14H12Cl2N2O. The minimum atomic E-state index is 0.231. The van der Waals surface area contributed by atoms with Gasteiger partial charge in [-0.15, -0.1) is 10.2 Å². The maximum Gasteiger partial charge on any atom is 0.257 e. The first-order chi connectivity index (χ1) is 9.06. The van der Waals surface area contributed by atoms with Gasteiger partial charge in [-0.2, -0.15) is 0 Å². The summed E-state index contributed by atoms with van der Waals surface area (Å²) in [5.74, 6) is 0.905. The maximum absolute atomic E-state index is 6.01. The molecule has 0 radical (unpaired) electrons. The van der Waals surface area contributed by atoms with Crippen LogP contribution >= 0.6 is 23.2 Å². The van der Waals surface area contributed by atoms with Gasteiger partial charge < -0.3 is 4.74 Å². The van der Waals surface area contributed by atoms with Crippen LogP contribution in [0.4, 0.5) is 0 Å². The summed E-state index contributed by atoms with van der Waals surface area (Å²) in [5, 5.41) is 8.11. The molecule has 19 heavy (non-hydrogen) atoms. The van der Waals surface area contributed by atoms with E-state index in [-0.39, 0.29) is 11.0 Å². The smallest absolute Gasteiger partial charge is 0.257 e. The van der Waals surface area contributed by atoms with E-state index in [1.165, 1.54) is 11.6 Å². The Balaban J connectivity index is 2.35. The Labute approximate surface area is 121 Å². The minimum absolute atomic E-state index is 0.231. The van der Waals surface area contributed by atoms with Gasteiger partial charge in [0.25, 0.3) is 5.88 Å². The summed E-state index contributed by atoms with van der Waals surface area (Å²) in [5.41, 5.74) is 2.12. The van der Waals surface area contributed by atoms with Crippen molar-refractivity contribution in [2.75, 3.05) is 0 Å². The zero-order valence-electron chi connectivity index (χ0n) is 10.5. The molecule has 0 saturated heterocycles. The van der Waals surface area contributed by atoms with Gasteiger partial charge in [0.2, 0.25) is 0 Å². The highest BCUT2D eigenvalue weighted by Crippen LogP contribution is 2.30. The van der Waals surface area contributed by atoms with Crippen LogP contribution in [0, 0.1) is 0 Å². The SMILES string of the molecule is CC(C)=Cc1ccccc1Oc1nnc(Cl)cc1Cl. The Kier molecular flexibility index (Phi) is 4.40. The van der Waals surface area contributed by atoms with Crippen molar-refractivity contribution in [2.45, 2.75) is 13.8 Å². The third-order valence-electron chi connectivity index (χ3n) is 2.26. The minimum Gasteiger partial charge on any atom is -0.436 e. The summed E-state index contributed by atoms with van der Waals surface area (Å²) >= 11 is 11.7. The van der Waals surface area contributed by atoms with Crippen LogP contribution in [-0.2, 0) is 0 Å². The number of rotatable bonds is 3. The number of halogens is 2. The first-order valence-electron chi connectivity index (χ1n) is 5.67. The van der Waals surface area contributed by atoms with Gasteiger partial charge in [-0.25, -0.2) is 0 Å². The van der Waals surface area contributed by atoms with E-state index in [0.717, 1.165) is 5.56 Å². The molecule has 0 spiro atoms. The lowest BCUT2D eigenvalue weighted by Gasteiger charge is -2.09. The maximum atomic E-state index is 6.01. The number of hydrogen-bond acceptors (Lipinski definition) is 3. The zero-order chi connectivity index (χ0) is 13.8. The number of aromatic nitrogens is 2. The number of ether oxygens (including phenoxy) is 1. The second-order valence-corrected chi connectivity index (χ2v) is 4.98. The van der Waals surface area contributed by atoms with Crippen molar-refractivity contribution >= 4 is 29.3 Å². The average Bonchev–Trinajstić information content (AvgIpc) is 2.34. The van der Waals surface area contributed by atoms with Crippen LogP contribution in [-0.4, -0.2) is 10.2 Å². The third-order valence-corrected chi connectivity index (χ3v) is 2.71. The molecule has 5 heteroatoms. The second-order valence-electron chi connectivity index (χ2n) is 4.18. The normalized spacial score (nSPS) is 10.1. The Morgan fingerprint density at radius 2 is 1.89 bits per heavy atom. The van der Waals surface area contributed by atoms with Gasteiger partial charge in [0.1, 0.15) is 10.8 Å². The van der Waals surface area contributed by atoms with E-state index in [4.69, 9.17) is 27.9 Å². The fourth-order valence-electron chi connectivity index (χ4n) is 1.51. The molecule has 0 aliphatic heterocycles. The summed E-state index contributed by atoms with van der Waals surface area (Å²) in [6, 6.07) is 9.13. The van der Waals surface area contributed by atoms with E-state index in [9.17, 15) is 0 Å². The van der Waals surface area contributed by atoms with Crippen LogP contribution in [0.2, 0.25) is 10.2 Å². The highest BCUT2D eigenvalue weighted by molar-refractivity contribution is 6.34. The van der Waals surface area contributed by atoms with Crippen molar-refractivity contribution in [3.63, 3.8) is 0 Å². The van der Waals surface area contributed by atoms with Crippen molar-refractivity contribution in [1.29, 1.82) is 0 Å². The van der Waals surface area contributed by atoms with Gasteiger partial charge in [0.05, 0.1) is 0 Å². The third kappa shape index (κ3) is 3.69. The highest BCUT2D eigenvalue weighted by atomic mass is 35.5. The molecule has 1 aromatic carbocycles. The van der Waals surface area contributed by atoms with Crippen molar-refractivity contribution < 1.29 is 4.74 Å². The number of benzene rings is 1. The lowest BCUT2D eigenvalue weighted by atomic mass is 10.1. The molecule has 2 rings (SSSR count). The molecule has 0 unspecified atom stereocenters. The van der Waals surface area contributed by atoms with E-state index < -0.39 is 0 Å². The number of hydrogen-bond donors (Lipinski definition) is 0. The van der Waals surface area contributed by atoms with Crippen LogP contribution in [0.25, 0.3) is 6.08 Å². The Morgan fingerprint density at radius 1 is 1.16 bits per heavy atom. The van der Waals surface area contributed by atoms with E-state index >= 15 is 0 Å². The first-order valence-corrected chi connectivity index (χ1v) is 6.42. The monoisotopic (exact) mass is 294 g/mol. The second kappa shape index (κ2) is 6.04. The van der Waals surface area contributed by atoms with Crippen molar-refractivity contribution in [3.8, 4) is 11.6 Å². The van der Waals surface area contributed by atoms with Gasteiger partial charge in [-0.3, -0.25) is 0 Å². The largest absolute Gasteiger partial charge is 0.436 e. The summed E-state index contributed by atoms with van der Waals surface area (Å²) in [4.78, 5) is 0. The zero-order valence-corrected chi connectivity index (χ0v) is 12.0. The first kappa shape index (κ1) is 13.8. The standard InChI is InChI=1S/C14H12Cl2N2O/c1-9(2)7-10-5-3-4-6-12(10)19-14-11(15)8-13(16)17-18-14/h3-8H,1-2H3. The van der Waals surface area contributed by atoms with Gasteiger partial charge >= 0.3 is 0 Å². The molecular weight excluding hydrogens is 283 g/mol. The molecule has 0 saturated carbocycles. The fourth-order valence-corrected chi connectivity index (χ4v) is 1.90. The summed E-state index contributed by atoms with van der Waals surface area (Å²) < 4.78 is 5.69. The van der Waals surface area contributed by atoms with Gasteiger partial charge in [-0.1, -0.05) is 53.1 Å². The topological polar surface area (TPSA) is 35.0 Å². The molecule has 0 aliphatic rings. The summed E-state index contributed by atoms with van der Waals surface area (Å²) in [7, 11) is 0. The Hall–Kier alpha value is -1.58. The predicted molar refractivity (Wildman–Crippen MR) is 77.9 cm³/mol. The lowest BCUT2D eigenvalue weighted by Crippen LogP contribution is -1.93. The predicted octanol–water partition coefficient (Wildman–Crippen LogP) is 5.00. The molecule has 0 atom stereocenters. The molecule has 2 aromatic rings. The van der Waals surface area contributed by atoms with Crippen LogP contribution in [0.3, 0.4) is 0 Å². The molecule has 3 nitrogen and oxygen atoms in total. The van der Waals surface area contributed by atoms with E-state index in [1.54, 1.807) is 0 Å². The van der Waals surface area contributed by atoms with Crippen LogP contribution in [0.5, 0.6) is 11.6 Å². The van der Waals surface area contributed by atoms with Gasteiger partial charge in [0.15, 0.2) is 5.15 Å². The molecule has 1 aromatic heterocycles. The van der Waals surface area contributed by atoms with E-state index in [2.05, 4.69) is 10.2 Å². The van der Waals surface area contributed by atoms with Crippen molar-refractivity contribution in [2.24, 2.45) is 0 Å². The highest BCUT2D eigenvalue weighted by Gasteiger charge is 2.09. The van der Waals surface area contributed by atoms with Crippen LogP contribution in [0.15, 0.2) is 35.9 Å². The van der Waals surface area contributed by atoms with Crippen molar-refractivity contribution in [3.05, 3.63) is 51.6 Å². The van der Waals surface area contributed by atoms with Gasteiger partial charge in [-0.05, 0) is 19.9 Å². The molecule has 1 heterocycles. The summed E-state index contributed by atoms with van der Waals surface area (Å²) in [6.45, 7) is 4.04. The summed E-state index contributed by atoms with van der Waals surface area (Å²) in [6.07, 6.45) is 2.02. The number of nitrogens with zero attached hydrogens (tertiary/aromatic N) is 2. The number of para-hydroxylation sites is 1. The average molecular weight is 295 g/mol. The Bertz CT molecular complexity index is 623. The van der Waals surface area contributed by atoms with E-state index in [1.807, 2.05) is 44.2 Å². The molecule has 0 amide bonds. The van der Waals surface area contributed by atoms with Gasteiger partial charge in [0, 0.05) is 11.6 Å². The molecule has 0 aliphatic carbocycles. The molecule has 0 N–H and O–H groups in total. The fraction of sp³-hybridized carbons (Fsp3) is 0.143. The van der Waals surface area contributed by atoms with Crippen LogP contribution in [0.1, 0.15) is 19.4 Å². The van der Waals surface area contributed by atoms with Crippen LogP contribution < -0.4 is 4.74 Å². The Morgan fingerprint density at radius 3 is 2.58 bits per heavy atom. The number of allylic oxidation sites excluding steroid dienone is 1. The molecule has 98 valence electrons. The molecule has 0 fully saturated rings.